The maximum Gasteiger partial charge on any atom is 0.104 e. The lowest BCUT2D eigenvalue weighted by Gasteiger charge is -2.51. The molecule has 6 rings (SSSR count). The third kappa shape index (κ3) is 12.0. The van der Waals surface area contributed by atoms with E-state index in [4.69, 9.17) is 28.4 Å². The molecule has 0 spiro atoms. The zero-order valence-electron chi connectivity index (χ0n) is 31.8. The van der Waals surface area contributed by atoms with E-state index in [2.05, 4.69) is 155 Å². The quantitative estimate of drug-likeness (QED) is 0.122. The van der Waals surface area contributed by atoms with E-state index in [0.29, 0.717) is 56.2 Å². The van der Waals surface area contributed by atoms with Gasteiger partial charge in [-0.05, 0) is 85.9 Å². The second-order valence-electron chi connectivity index (χ2n) is 18.2. The number of hydrogen-bond donors (Lipinski definition) is 1. The molecule has 0 radical (unpaired) electrons. The minimum atomic E-state index is -0.696. The van der Waals surface area contributed by atoms with Gasteiger partial charge in [0.15, 0.2) is 0 Å². The molecule has 7 nitrogen and oxygen atoms in total. The Balaban J connectivity index is 0.924. The lowest BCUT2D eigenvalue weighted by molar-refractivity contribution is -0.0797. The summed E-state index contributed by atoms with van der Waals surface area (Å²) >= 11 is 32.0. The van der Waals surface area contributed by atoms with Gasteiger partial charge >= 0.3 is 0 Å². The molecule has 54 heavy (non-hydrogen) atoms. The number of epoxide rings is 2. The molecular formula is C39H60Br8O7. The fraction of sp³-hybridized carbons (Fsp3) is 1.00. The Labute approximate surface area is 391 Å². The summed E-state index contributed by atoms with van der Waals surface area (Å²) in [4.78, 5) is 2.05. The fourth-order valence-corrected chi connectivity index (χ4v) is 19.1. The molecule has 314 valence electrons. The Hall–Kier alpha value is 3.56. The standard InChI is InChI=1S/C39H60Br8O7/c1-38(2,21-9-30(44)36(31(45)10-21)53-17-24-15-49-24)19-5-26(40)34(27(41)6-19)51-13-23(48)14-52-35-28(42)7-20(8-29(35)43)39(3,4)22-11-32(46)37(33(47)12-22)54-18-25-16-50-25/h19-37,48H,5-18H2,1-4H3. The maximum atomic E-state index is 11.1. The molecular weight excluding hydrogens is 1220 g/mol. The van der Waals surface area contributed by atoms with Crippen molar-refractivity contribution in [3.05, 3.63) is 0 Å². The van der Waals surface area contributed by atoms with Crippen LogP contribution in [0.15, 0.2) is 0 Å². The van der Waals surface area contributed by atoms with E-state index in [0.717, 1.165) is 64.6 Å². The molecule has 2 heterocycles. The Morgan fingerprint density at radius 1 is 0.463 bits per heavy atom. The highest BCUT2D eigenvalue weighted by Crippen LogP contribution is 2.54. The maximum absolute atomic E-state index is 11.1. The SMILES string of the molecule is CC(C)(C1CC(Br)C(OCC(O)COC2C(Br)CC(C(C)(C)C3CC(Br)C(OCC4CO4)C(Br)C3)CC2Br)C(Br)C1)C1CC(Br)C(OCC2CO2)C(Br)C1. The predicted octanol–water partition coefficient (Wildman–Crippen LogP) is 10.5. The Morgan fingerprint density at radius 3 is 0.907 bits per heavy atom. The van der Waals surface area contributed by atoms with Crippen LogP contribution in [0, 0.1) is 34.5 Å². The average Bonchev–Trinajstić information content (AvgIpc) is 4.03. The molecule has 10 unspecified atom stereocenters. The van der Waals surface area contributed by atoms with E-state index in [1.165, 1.54) is 0 Å². The van der Waals surface area contributed by atoms with Crippen molar-refractivity contribution in [1.82, 2.24) is 0 Å². The zero-order chi connectivity index (χ0) is 39.1. The highest BCUT2D eigenvalue weighted by molar-refractivity contribution is 9.11. The molecule has 2 saturated heterocycles. The van der Waals surface area contributed by atoms with Gasteiger partial charge in [-0.15, -0.1) is 0 Å². The fourth-order valence-electron chi connectivity index (χ4n) is 9.73. The smallest absolute Gasteiger partial charge is 0.104 e. The molecule has 4 aliphatic carbocycles. The lowest BCUT2D eigenvalue weighted by atomic mass is 9.60. The van der Waals surface area contributed by atoms with Crippen LogP contribution in [0.2, 0.25) is 0 Å². The largest absolute Gasteiger partial charge is 0.388 e. The third-order valence-corrected chi connectivity index (χ3v) is 21.0. The number of hydrogen-bond acceptors (Lipinski definition) is 7. The van der Waals surface area contributed by atoms with Crippen LogP contribution in [-0.2, 0) is 28.4 Å². The van der Waals surface area contributed by atoms with Crippen LogP contribution < -0.4 is 0 Å². The molecule has 6 fully saturated rings. The first-order valence-electron chi connectivity index (χ1n) is 20.0. The van der Waals surface area contributed by atoms with E-state index in [1.807, 2.05) is 0 Å². The number of alkyl halides is 8. The molecule has 0 aromatic carbocycles. The summed E-state index contributed by atoms with van der Waals surface area (Å²) in [5.41, 5.74) is 0.302. The molecule has 4 saturated carbocycles. The second-order valence-corrected chi connectivity index (χ2v) is 27.6. The highest BCUT2D eigenvalue weighted by Gasteiger charge is 2.51. The number of halogens is 8. The van der Waals surface area contributed by atoms with E-state index >= 15 is 0 Å². The molecule has 0 amide bonds. The Kier molecular flexibility index (Phi) is 17.8. The molecule has 0 aromatic rings. The highest BCUT2D eigenvalue weighted by atomic mass is 79.9. The minimum absolute atomic E-state index is 0.0223. The Morgan fingerprint density at radius 2 is 0.685 bits per heavy atom. The summed E-state index contributed by atoms with van der Waals surface area (Å²) in [6.07, 6.45) is 8.69. The van der Waals surface area contributed by atoms with Gasteiger partial charge in [-0.2, -0.15) is 0 Å². The zero-order valence-corrected chi connectivity index (χ0v) is 44.5. The normalized spacial score (nSPS) is 46.6. The number of aliphatic hydroxyl groups is 1. The third-order valence-electron chi connectivity index (χ3n) is 13.9. The van der Waals surface area contributed by atoms with Gasteiger partial charge in [-0.1, -0.05) is 155 Å². The Bertz CT molecular complexity index is 1060. The van der Waals surface area contributed by atoms with Crippen molar-refractivity contribution in [2.24, 2.45) is 34.5 Å². The van der Waals surface area contributed by atoms with Gasteiger partial charge in [0.1, 0.15) is 18.3 Å². The molecule has 10 atom stereocenters. The van der Waals surface area contributed by atoms with Crippen LogP contribution in [-0.4, -0.2) is 126 Å². The molecule has 6 aliphatic rings. The van der Waals surface area contributed by atoms with Crippen LogP contribution in [0.5, 0.6) is 0 Å². The van der Waals surface area contributed by atoms with E-state index < -0.39 is 6.10 Å². The van der Waals surface area contributed by atoms with E-state index in [9.17, 15) is 5.11 Å². The minimum Gasteiger partial charge on any atom is -0.388 e. The predicted molar refractivity (Wildman–Crippen MR) is 245 cm³/mol. The monoisotopic (exact) mass is 1270 g/mol. The van der Waals surface area contributed by atoms with Gasteiger partial charge in [0.25, 0.3) is 0 Å². The van der Waals surface area contributed by atoms with Crippen molar-refractivity contribution in [3.63, 3.8) is 0 Å². The van der Waals surface area contributed by atoms with Crippen LogP contribution in [0.4, 0.5) is 0 Å². The van der Waals surface area contributed by atoms with Gasteiger partial charge in [0.2, 0.25) is 0 Å². The van der Waals surface area contributed by atoms with Gasteiger partial charge in [-0.3, -0.25) is 0 Å². The summed E-state index contributed by atoms with van der Waals surface area (Å²) in [6, 6.07) is 0. The van der Waals surface area contributed by atoms with Gasteiger partial charge < -0.3 is 33.5 Å². The first-order chi connectivity index (χ1) is 25.4. The van der Waals surface area contributed by atoms with Crippen LogP contribution in [0.3, 0.4) is 0 Å². The van der Waals surface area contributed by atoms with Crippen molar-refractivity contribution in [3.8, 4) is 0 Å². The van der Waals surface area contributed by atoms with E-state index in [-0.39, 0.29) is 80.0 Å². The first-order valence-corrected chi connectivity index (χ1v) is 27.3. The molecule has 1 N–H and O–H groups in total. The van der Waals surface area contributed by atoms with Crippen molar-refractivity contribution in [2.45, 2.75) is 160 Å². The summed E-state index contributed by atoms with van der Waals surface area (Å²) in [5.74, 6) is 2.20. The summed E-state index contributed by atoms with van der Waals surface area (Å²) < 4.78 is 36.1. The van der Waals surface area contributed by atoms with Crippen LogP contribution in [0.25, 0.3) is 0 Å². The number of aliphatic hydroxyl groups excluding tert-OH is 1. The average molecular weight is 1280 g/mol. The number of rotatable bonds is 16. The summed E-state index contributed by atoms with van der Waals surface area (Å²) in [7, 11) is 0. The summed E-state index contributed by atoms with van der Waals surface area (Å²) in [5, 5.41) is 11.1. The molecule has 0 bridgehead atoms. The topological polar surface area (TPSA) is 82.2 Å². The van der Waals surface area contributed by atoms with Crippen molar-refractivity contribution < 1.29 is 33.5 Å². The van der Waals surface area contributed by atoms with Crippen LogP contribution in [0.1, 0.15) is 79.1 Å². The lowest BCUT2D eigenvalue weighted by Crippen LogP contribution is -2.51. The second kappa shape index (κ2) is 20.4. The van der Waals surface area contributed by atoms with Crippen molar-refractivity contribution in [1.29, 1.82) is 0 Å². The van der Waals surface area contributed by atoms with Crippen LogP contribution >= 0.6 is 127 Å². The molecule has 2 aliphatic heterocycles. The van der Waals surface area contributed by atoms with Gasteiger partial charge in [0.05, 0.1) is 64.1 Å². The van der Waals surface area contributed by atoms with Crippen molar-refractivity contribution in [2.75, 3.05) is 39.6 Å². The molecule has 0 aromatic heterocycles. The van der Waals surface area contributed by atoms with Gasteiger partial charge in [0, 0.05) is 38.6 Å². The van der Waals surface area contributed by atoms with Crippen molar-refractivity contribution >= 4 is 127 Å². The summed E-state index contributed by atoms with van der Waals surface area (Å²) in [6.45, 7) is 13.3. The van der Waals surface area contributed by atoms with Gasteiger partial charge in [-0.25, -0.2) is 0 Å². The van der Waals surface area contributed by atoms with E-state index in [1.54, 1.807) is 0 Å². The molecule has 15 heteroatoms. The number of ether oxygens (including phenoxy) is 6. The first kappa shape index (κ1) is 47.0.